The van der Waals surface area contributed by atoms with Gasteiger partial charge in [-0.25, -0.2) is 0 Å². The van der Waals surface area contributed by atoms with Crippen LogP contribution in [0.25, 0.3) is 0 Å². The molecule has 26 heavy (non-hydrogen) atoms. The zero-order valence-electron chi connectivity index (χ0n) is 15.0. The normalized spacial score (nSPS) is 16.3. The molecule has 1 fully saturated rings. The summed E-state index contributed by atoms with van der Waals surface area (Å²) in [6, 6.07) is 17.2. The zero-order chi connectivity index (χ0) is 18.4. The Morgan fingerprint density at radius 1 is 1.15 bits per heavy atom. The van der Waals surface area contributed by atoms with Crippen molar-refractivity contribution in [1.29, 1.82) is 0 Å². The second kappa shape index (κ2) is 8.52. The number of methoxy groups -OCH3 is 1. The summed E-state index contributed by atoms with van der Waals surface area (Å²) in [4.78, 5) is 26.4. The van der Waals surface area contributed by atoms with E-state index in [2.05, 4.69) is 17.4 Å². The maximum absolute atomic E-state index is 12.4. The van der Waals surface area contributed by atoms with Crippen molar-refractivity contribution in [2.45, 2.75) is 12.8 Å². The maximum atomic E-state index is 12.4. The molecule has 5 heteroatoms. The standard InChI is InChI=1S/C21H24N2O3/c1-26-19-9-5-8-18(13-19)21(25)22-14-20(24)23-11-10-17(15-23)12-16-6-3-2-4-7-16/h2-9,13,17H,10-12,14-15H2,1H3,(H,22,25). The summed E-state index contributed by atoms with van der Waals surface area (Å²) in [7, 11) is 1.56. The monoisotopic (exact) mass is 352 g/mol. The minimum atomic E-state index is -0.266. The molecule has 1 heterocycles. The van der Waals surface area contributed by atoms with Crippen molar-refractivity contribution in [2.75, 3.05) is 26.7 Å². The van der Waals surface area contributed by atoms with Crippen LogP contribution in [0.5, 0.6) is 5.75 Å². The number of rotatable bonds is 6. The largest absolute Gasteiger partial charge is 0.497 e. The van der Waals surface area contributed by atoms with Gasteiger partial charge in [-0.05, 0) is 42.5 Å². The number of carbonyl (C=O) groups is 2. The van der Waals surface area contributed by atoms with Gasteiger partial charge in [-0.3, -0.25) is 9.59 Å². The molecule has 1 aliphatic heterocycles. The number of nitrogens with zero attached hydrogens (tertiary/aromatic N) is 1. The summed E-state index contributed by atoms with van der Waals surface area (Å²) in [6.07, 6.45) is 1.99. The minimum absolute atomic E-state index is 0.0219. The van der Waals surface area contributed by atoms with E-state index < -0.39 is 0 Å². The third-order valence-electron chi connectivity index (χ3n) is 4.74. The van der Waals surface area contributed by atoms with Crippen LogP contribution in [0.3, 0.4) is 0 Å². The van der Waals surface area contributed by atoms with Crippen molar-refractivity contribution in [3.8, 4) is 5.75 Å². The quantitative estimate of drug-likeness (QED) is 0.869. The van der Waals surface area contributed by atoms with Crippen LogP contribution in [0.2, 0.25) is 0 Å². The Kier molecular flexibility index (Phi) is 5.89. The highest BCUT2D eigenvalue weighted by atomic mass is 16.5. The number of carbonyl (C=O) groups excluding carboxylic acids is 2. The molecule has 2 aromatic carbocycles. The number of hydrogen-bond donors (Lipinski definition) is 1. The van der Waals surface area contributed by atoms with Crippen LogP contribution in [0.4, 0.5) is 0 Å². The second-order valence-electron chi connectivity index (χ2n) is 6.60. The highest BCUT2D eigenvalue weighted by Gasteiger charge is 2.26. The van der Waals surface area contributed by atoms with Gasteiger partial charge < -0.3 is 15.0 Å². The molecule has 0 bridgehead atoms. The van der Waals surface area contributed by atoms with Gasteiger partial charge in [0.25, 0.3) is 5.91 Å². The van der Waals surface area contributed by atoms with Crippen LogP contribution in [0.15, 0.2) is 54.6 Å². The van der Waals surface area contributed by atoms with E-state index in [9.17, 15) is 9.59 Å². The fourth-order valence-electron chi connectivity index (χ4n) is 3.31. The number of benzene rings is 2. The van der Waals surface area contributed by atoms with E-state index in [0.29, 0.717) is 17.2 Å². The zero-order valence-corrected chi connectivity index (χ0v) is 15.0. The van der Waals surface area contributed by atoms with Crippen LogP contribution < -0.4 is 10.1 Å². The van der Waals surface area contributed by atoms with Crippen LogP contribution in [-0.2, 0) is 11.2 Å². The molecule has 1 N–H and O–H groups in total. The lowest BCUT2D eigenvalue weighted by Crippen LogP contribution is -2.39. The Labute approximate surface area is 154 Å². The van der Waals surface area contributed by atoms with Gasteiger partial charge in [0.2, 0.25) is 5.91 Å². The Balaban J connectivity index is 1.47. The molecule has 0 spiro atoms. The van der Waals surface area contributed by atoms with Gasteiger partial charge in [-0.1, -0.05) is 36.4 Å². The molecule has 1 atom stereocenters. The molecule has 2 amide bonds. The average molecular weight is 352 g/mol. The summed E-state index contributed by atoms with van der Waals surface area (Å²) < 4.78 is 5.12. The number of amides is 2. The van der Waals surface area contributed by atoms with Gasteiger partial charge >= 0.3 is 0 Å². The Bertz CT molecular complexity index is 761. The van der Waals surface area contributed by atoms with Crippen LogP contribution >= 0.6 is 0 Å². The molecule has 0 aromatic heterocycles. The van der Waals surface area contributed by atoms with Gasteiger partial charge in [0.1, 0.15) is 5.75 Å². The molecule has 0 radical (unpaired) electrons. The van der Waals surface area contributed by atoms with E-state index in [4.69, 9.17) is 4.74 Å². The van der Waals surface area contributed by atoms with Gasteiger partial charge in [-0.2, -0.15) is 0 Å². The second-order valence-corrected chi connectivity index (χ2v) is 6.60. The van der Waals surface area contributed by atoms with E-state index >= 15 is 0 Å². The topological polar surface area (TPSA) is 58.6 Å². The fraction of sp³-hybridized carbons (Fsp3) is 0.333. The van der Waals surface area contributed by atoms with E-state index in [1.807, 2.05) is 23.1 Å². The summed E-state index contributed by atoms with van der Waals surface area (Å²) in [5.41, 5.74) is 1.79. The third-order valence-corrected chi connectivity index (χ3v) is 4.74. The summed E-state index contributed by atoms with van der Waals surface area (Å²) in [6.45, 7) is 1.53. The molecule has 0 saturated carbocycles. The molecular formula is C21H24N2O3. The number of likely N-dealkylation sites (tertiary alicyclic amines) is 1. The first-order valence-corrected chi connectivity index (χ1v) is 8.89. The summed E-state index contributed by atoms with van der Waals surface area (Å²) in [5, 5.41) is 2.71. The van der Waals surface area contributed by atoms with Gasteiger partial charge in [0, 0.05) is 18.7 Å². The van der Waals surface area contributed by atoms with E-state index in [-0.39, 0.29) is 18.4 Å². The Morgan fingerprint density at radius 2 is 1.96 bits per heavy atom. The van der Waals surface area contributed by atoms with Crippen LogP contribution in [0.1, 0.15) is 22.3 Å². The van der Waals surface area contributed by atoms with Crippen molar-refractivity contribution < 1.29 is 14.3 Å². The molecule has 3 rings (SSSR count). The van der Waals surface area contributed by atoms with E-state index in [1.54, 1.807) is 31.4 Å². The van der Waals surface area contributed by atoms with E-state index in [1.165, 1.54) is 5.56 Å². The van der Waals surface area contributed by atoms with Crippen molar-refractivity contribution >= 4 is 11.8 Å². The SMILES string of the molecule is COc1cccc(C(=O)NCC(=O)N2CCC(Cc3ccccc3)C2)c1. The smallest absolute Gasteiger partial charge is 0.251 e. The first-order valence-electron chi connectivity index (χ1n) is 8.89. The van der Waals surface area contributed by atoms with Gasteiger partial charge in [0.05, 0.1) is 13.7 Å². The lowest BCUT2D eigenvalue weighted by Gasteiger charge is -2.17. The van der Waals surface area contributed by atoms with Gasteiger partial charge in [-0.15, -0.1) is 0 Å². The molecule has 136 valence electrons. The molecule has 1 aliphatic rings. The predicted octanol–water partition coefficient (Wildman–Crippen LogP) is 2.52. The number of ether oxygens (including phenoxy) is 1. The van der Waals surface area contributed by atoms with Crippen molar-refractivity contribution in [3.05, 3.63) is 65.7 Å². The molecule has 1 unspecified atom stereocenters. The van der Waals surface area contributed by atoms with Crippen molar-refractivity contribution in [3.63, 3.8) is 0 Å². The van der Waals surface area contributed by atoms with Gasteiger partial charge in [0.15, 0.2) is 0 Å². The first kappa shape index (κ1) is 18.0. The molecular weight excluding hydrogens is 328 g/mol. The molecule has 1 saturated heterocycles. The molecule has 2 aromatic rings. The van der Waals surface area contributed by atoms with Crippen LogP contribution in [0, 0.1) is 5.92 Å². The fourth-order valence-corrected chi connectivity index (χ4v) is 3.31. The average Bonchev–Trinajstić information content (AvgIpc) is 3.15. The van der Waals surface area contributed by atoms with Crippen molar-refractivity contribution in [2.24, 2.45) is 5.92 Å². The molecule has 0 aliphatic carbocycles. The van der Waals surface area contributed by atoms with Crippen molar-refractivity contribution in [1.82, 2.24) is 10.2 Å². The Morgan fingerprint density at radius 3 is 2.73 bits per heavy atom. The minimum Gasteiger partial charge on any atom is -0.497 e. The Hall–Kier alpha value is -2.82. The molecule has 5 nitrogen and oxygen atoms in total. The number of hydrogen-bond acceptors (Lipinski definition) is 3. The van der Waals surface area contributed by atoms with E-state index in [0.717, 1.165) is 25.9 Å². The highest BCUT2D eigenvalue weighted by Crippen LogP contribution is 2.20. The predicted molar refractivity (Wildman–Crippen MR) is 100 cm³/mol. The highest BCUT2D eigenvalue weighted by molar-refractivity contribution is 5.96. The van der Waals surface area contributed by atoms with Crippen LogP contribution in [-0.4, -0.2) is 43.5 Å². The summed E-state index contributed by atoms with van der Waals surface area (Å²) in [5.74, 6) is 0.803. The summed E-state index contributed by atoms with van der Waals surface area (Å²) >= 11 is 0. The lowest BCUT2D eigenvalue weighted by molar-refractivity contribution is -0.129. The lowest BCUT2D eigenvalue weighted by atomic mass is 9.99. The first-order chi connectivity index (χ1) is 12.7. The maximum Gasteiger partial charge on any atom is 0.251 e. The third kappa shape index (κ3) is 4.63. The number of nitrogens with one attached hydrogen (secondary N) is 1.